The van der Waals surface area contributed by atoms with Crippen molar-refractivity contribution < 1.29 is 9.26 Å². The molecule has 2 aliphatic heterocycles. The van der Waals surface area contributed by atoms with E-state index in [0.29, 0.717) is 11.7 Å². The lowest BCUT2D eigenvalue weighted by Crippen LogP contribution is -2.31. The van der Waals surface area contributed by atoms with Crippen LogP contribution in [0.25, 0.3) is 0 Å². The summed E-state index contributed by atoms with van der Waals surface area (Å²) in [6, 6.07) is 0.239. The Hall–Kier alpha value is -0.940. The molecule has 2 atom stereocenters. The molecule has 1 N–H and O–H groups in total. The Kier molecular flexibility index (Phi) is 2.88. The minimum absolute atomic E-state index is 0.239. The second-order valence-corrected chi connectivity index (χ2v) is 5.14. The van der Waals surface area contributed by atoms with E-state index in [1.165, 1.54) is 12.8 Å². The zero-order chi connectivity index (χ0) is 11.7. The van der Waals surface area contributed by atoms with E-state index >= 15 is 0 Å². The SMILES string of the molecule is CC1(c2noc(C3CCCN3)n2)CCCCO1. The fraction of sp³-hybridized carbons (Fsp3) is 0.833. The maximum atomic E-state index is 5.82. The van der Waals surface area contributed by atoms with Gasteiger partial charge in [0.15, 0.2) is 0 Å². The van der Waals surface area contributed by atoms with Crippen molar-refractivity contribution in [1.29, 1.82) is 0 Å². The van der Waals surface area contributed by atoms with Crippen LogP contribution in [0, 0.1) is 0 Å². The van der Waals surface area contributed by atoms with Crippen LogP contribution in [0.5, 0.6) is 0 Å². The summed E-state index contributed by atoms with van der Waals surface area (Å²) in [5.74, 6) is 1.42. The van der Waals surface area contributed by atoms with Crippen LogP contribution in [0.2, 0.25) is 0 Å². The highest BCUT2D eigenvalue weighted by Gasteiger charge is 2.36. The lowest BCUT2D eigenvalue weighted by atomic mass is 9.95. The van der Waals surface area contributed by atoms with E-state index in [2.05, 4.69) is 22.4 Å². The highest BCUT2D eigenvalue weighted by atomic mass is 16.5. The van der Waals surface area contributed by atoms with Crippen LogP contribution in [0.4, 0.5) is 0 Å². The first-order valence-corrected chi connectivity index (χ1v) is 6.49. The van der Waals surface area contributed by atoms with Gasteiger partial charge in [0.1, 0.15) is 5.60 Å². The standard InChI is InChI=1S/C12H19N3O2/c1-12(6-2-3-8-16-12)11-14-10(17-15-11)9-5-4-7-13-9/h9,13H,2-8H2,1H3. The Morgan fingerprint density at radius 2 is 2.29 bits per heavy atom. The lowest BCUT2D eigenvalue weighted by molar-refractivity contribution is -0.0770. The molecule has 5 nitrogen and oxygen atoms in total. The fourth-order valence-corrected chi connectivity index (χ4v) is 2.60. The summed E-state index contributed by atoms with van der Waals surface area (Å²) in [6.07, 6.45) is 5.53. The molecule has 1 aromatic rings. The van der Waals surface area contributed by atoms with Gasteiger partial charge in [-0.15, -0.1) is 0 Å². The third-order valence-electron chi connectivity index (χ3n) is 3.74. The lowest BCUT2D eigenvalue weighted by Gasteiger charge is -2.30. The van der Waals surface area contributed by atoms with Crippen molar-refractivity contribution in [2.24, 2.45) is 0 Å². The van der Waals surface area contributed by atoms with Crippen molar-refractivity contribution in [2.75, 3.05) is 13.2 Å². The van der Waals surface area contributed by atoms with Gasteiger partial charge in [0.25, 0.3) is 0 Å². The number of nitrogens with one attached hydrogen (secondary N) is 1. The highest BCUT2D eigenvalue weighted by Crippen LogP contribution is 2.33. The summed E-state index contributed by atoms with van der Waals surface area (Å²) in [6.45, 7) is 3.89. The van der Waals surface area contributed by atoms with Crippen molar-refractivity contribution in [3.05, 3.63) is 11.7 Å². The van der Waals surface area contributed by atoms with Gasteiger partial charge in [-0.05, 0) is 45.6 Å². The summed E-state index contributed by atoms with van der Waals surface area (Å²) >= 11 is 0. The first-order chi connectivity index (χ1) is 8.28. The van der Waals surface area contributed by atoms with E-state index in [4.69, 9.17) is 9.26 Å². The summed E-state index contributed by atoms with van der Waals surface area (Å²) in [5.41, 5.74) is -0.349. The summed E-state index contributed by atoms with van der Waals surface area (Å²) < 4.78 is 11.2. The normalized spacial score (nSPS) is 34.1. The highest BCUT2D eigenvalue weighted by molar-refractivity contribution is 5.03. The molecule has 0 amide bonds. The Bertz CT molecular complexity index is 379. The first-order valence-electron chi connectivity index (χ1n) is 6.49. The van der Waals surface area contributed by atoms with Crippen LogP contribution in [0.3, 0.4) is 0 Å². The molecule has 2 unspecified atom stereocenters. The molecule has 3 heterocycles. The van der Waals surface area contributed by atoms with Crippen LogP contribution in [0.15, 0.2) is 4.52 Å². The number of nitrogens with zero attached hydrogens (tertiary/aromatic N) is 2. The van der Waals surface area contributed by atoms with Crippen molar-refractivity contribution >= 4 is 0 Å². The van der Waals surface area contributed by atoms with Crippen LogP contribution >= 0.6 is 0 Å². The second kappa shape index (κ2) is 4.38. The quantitative estimate of drug-likeness (QED) is 0.851. The smallest absolute Gasteiger partial charge is 0.243 e. The summed E-state index contributed by atoms with van der Waals surface area (Å²) in [4.78, 5) is 4.52. The Balaban J connectivity index is 1.78. The monoisotopic (exact) mass is 237 g/mol. The zero-order valence-electron chi connectivity index (χ0n) is 10.2. The van der Waals surface area contributed by atoms with Gasteiger partial charge in [-0.2, -0.15) is 4.98 Å². The zero-order valence-corrected chi connectivity index (χ0v) is 10.2. The largest absolute Gasteiger partial charge is 0.367 e. The maximum absolute atomic E-state index is 5.82. The average Bonchev–Trinajstić information content (AvgIpc) is 3.01. The van der Waals surface area contributed by atoms with Gasteiger partial charge in [-0.1, -0.05) is 5.16 Å². The number of hydrogen-bond acceptors (Lipinski definition) is 5. The topological polar surface area (TPSA) is 60.2 Å². The predicted molar refractivity (Wildman–Crippen MR) is 61.4 cm³/mol. The number of hydrogen-bond donors (Lipinski definition) is 1. The molecule has 2 aliphatic rings. The van der Waals surface area contributed by atoms with Gasteiger partial charge in [-0.25, -0.2) is 0 Å². The Morgan fingerprint density at radius 1 is 1.35 bits per heavy atom. The van der Waals surface area contributed by atoms with Gasteiger partial charge in [0.2, 0.25) is 11.7 Å². The molecular weight excluding hydrogens is 218 g/mol. The van der Waals surface area contributed by atoms with Crippen LogP contribution in [0.1, 0.15) is 56.8 Å². The van der Waals surface area contributed by atoms with Crippen molar-refractivity contribution in [3.8, 4) is 0 Å². The number of rotatable bonds is 2. The summed E-state index contributed by atoms with van der Waals surface area (Å²) in [7, 11) is 0. The van der Waals surface area contributed by atoms with Gasteiger partial charge < -0.3 is 14.6 Å². The van der Waals surface area contributed by atoms with Crippen molar-refractivity contribution in [3.63, 3.8) is 0 Å². The first kappa shape index (κ1) is 11.2. The van der Waals surface area contributed by atoms with E-state index in [9.17, 15) is 0 Å². The molecule has 17 heavy (non-hydrogen) atoms. The van der Waals surface area contributed by atoms with Gasteiger partial charge in [0.05, 0.1) is 6.04 Å². The fourth-order valence-electron chi connectivity index (χ4n) is 2.60. The number of aromatic nitrogens is 2. The molecule has 0 bridgehead atoms. The molecule has 0 aliphatic carbocycles. The molecule has 0 spiro atoms. The van der Waals surface area contributed by atoms with E-state index in [1.54, 1.807) is 0 Å². The van der Waals surface area contributed by atoms with E-state index < -0.39 is 0 Å². The molecule has 0 radical (unpaired) electrons. The van der Waals surface area contributed by atoms with E-state index in [0.717, 1.165) is 32.4 Å². The maximum Gasteiger partial charge on any atom is 0.243 e. The Morgan fingerprint density at radius 3 is 3.00 bits per heavy atom. The molecule has 3 rings (SSSR count). The molecular formula is C12H19N3O2. The average molecular weight is 237 g/mol. The van der Waals surface area contributed by atoms with Crippen molar-refractivity contribution in [1.82, 2.24) is 15.5 Å². The van der Waals surface area contributed by atoms with Crippen LogP contribution in [-0.4, -0.2) is 23.3 Å². The molecule has 5 heteroatoms. The summed E-state index contributed by atoms with van der Waals surface area (Å²) in [5, 5.41) is 7.47. The third kappa shape index (κ3) is 2.09. The van der Waals surface area contributed by atoms with Gasteiger partial charge in [0, 0.05) is 6.61 Å². The molecule has 2 saturated heterocycles. The van der Waals surface area contributed by atoms with Gasteiger partial charge >= 0.3 is 0 Å². The Labute approximate surface area is 101 Å². The molecule has 94 valence electrons. The van der Waals surface area contributed by atoms with E-state index in [-0.39, 0.29) is 11.6 Å². The van der Waals surface area contributed by atoms with Crippen LogP contribution in [-0.2, 0) is 10.3 Å². The molecule has 1 aromatic heterocycles. The molecule has 0 saturated carbocycles. The van der Waals surface area contributed by atoms with Gasteiger partial charge in [-0.3, -0.25) is 0 Å². The van der Waals surface area contributed by atoms with Crippen molar-refractivity contribution in [2.45, 2.75) is 50.7 Å². The number of ether oxygens (including phenoxy) is 1. The third-order valence-corrected chi connectivity index (χ3v) is 3.74. The minimum Gasteiger partial charge on any atom is -0.367 e. The molecule has 0 aromatic carbocycles. The van der Waals surface area contributed by atoms with Crippen LogP contribution < -0.4 is 5.32 Å². The van der Waals surface area contributed by atoms with E-state index in [1.807, 2.05) is 0 Å². The minimum atomic E-state index is -0.349. The molecule has 2 fully saturated rings. The second-order valence-electron chi connectivity index (χ2n) is 5.14. The predicted octanol–water partition coefficient (Wildman–Crippen LogP) is 1.91.